The topological polar surface area (TPSA) is 60.3 Å². The summed E-state index contributed by atoms with van der Waals surface area (Å²) in [7, 11) is 1.66. The van der Waals surface area contributed by atoms with E-state index in [0.717, 1.165) is 25.7 Å². The number of benzene rings is 1. The van der Waals surface area contributed by atoms with Gasteiger partial charge >= 0.3 is 0 Å². The molecule has 3 rings (SSSR count). The lowest BCUT2D eigenvalue weighted by Gasteiger charge is -2.25. The third kappa shape index (κ3) is 4.37. The molecular formula is C20H24N2O3. The van der Waals surface area contributed by atoms with Crippen molar-refractivity contribution in [3.63, 3.8) is 0 Å². The van der Waals surface area contributed by atoms with E-state index in [0.29, 0.717) is 18.7 Å². The number of fused-ring (bicyclic) bond motifs is 1. The van der Waals surface area contributed by atoms with Crippen LogP contribution in [0.3, 0.4) is 0 Å². The third-order valence-electron chi connectivity index (χ3n) is 4.61. The number of ether oxygens (including phenoxy) is 1. The maximum atomic E-state index is 12.0. The minimum atomic E-state index is -0.222. The molecule has 1 N–H and O–H groups in total. The monoisotopic (exact) mass is 340 g/mol. The quantitative estimate of drug-likeness (QED) is 0.822. The van der Waals surface area contributed by atoms with Gasteiger partial charge in [0.25, 0.3) is 11.5 Å². The predicted octanol–water partition coefficient (Wildman–Crippen LogP) is 2.60. The molecule has 0 saturated carbocycles. The number of aryl methyl sites for hydroxylation is 2. The van der Waals surface area contributed by atoms with E-state index < -0.39 is 0 Å². The minimum Gasteiger partial charge on any atom is -0.373 e. The standard InChI is InChI=1S/C20H24N2O3/c1-22-12-10-16(14-19(22)23)20(24)21-11-5-13-25-18-9-4-7-15-6-2-3-8-17(15)18/h2-3,6,8,10,12,14,18H,4-5,7,9,11,13H2,1H3,(H,21,24)/t18-/m1/s1. The first-order valence-electron chi connectivity index (χ1n) is 8.79. The number of hydrogen-bond donors (Lipinski definition) is 1. The molecule has 1 amide bonds. The molecule has 0 bridgehead atoms. The zero-order chi connectivity index (χ0) is 17.6. The average molecular weight is 340 g/mol. The molecule has 1 aliphatic carbocycles. The molecule has 0 radical (unpaired) electrons. The first-order chi connectivity index (χ1) is 12.1. The van der Waals surface area contributed by atoms with Crippen LogP contribution in [0.2, 0.25) is 0 Å². The highest BCUT2D eigenvalue weighted by atomic mass is 16.5. The summed E-state index contributed by atoms with van der Waals surface area (Å²) >= 11 is 0. The summed E-state index contributed by atoms with van der Waals surface area (Å²) in [5.41, 5.74) is 2.90. The van der Waals surface area contributed by atoms with Crippen molar-refractivity contribution in [1.82, 2.24) is 9.88 Å². The molecule has 5 nitrogen and oxygen atoms in total. The molecule has 2 aromatic rings. The minimum absolute atomic E-state index is 0.165. The van der Waals surface area contributed by atoms with Crippen LogP contribution < -0.4 is 10.9 Å². The van der Waals surface area contributed by atoms with E-state index in [9.17, 15) is 9.59 Å². The van der Waals surface area contributed by atoms with Crippen LogP contribution in [0.15, 0.2) is 47.4 Å². The van der Waals surface area contributed by atoms with Crippen LogP contribution in [-0.4, -0.2) is 23.6 Å². The second kappa shape index (κ2) is 8.12. The highest BCUT2D eigenvalue weighted by Gasteiger charge is 2.19. The van der Waals surface area contributed by atoms with Crippen LogP contribution in [-0.2, 0) is 18.2 Å². The Bertz CT molecular complexity index is 798. The van der Waals surface area contributed by atoms with E-state index in [1.165, 1.54) is 21.8 Å². The summed E-state index contributed by atoms with van der Waals surface area (Å²) in [6.07, 6.45) is 5.84. The van der Waals surface area contributed by atoms with Gasteiger partial charge in [-0.2, -0.15) is 0 Å². The fraction of sp³-hybridized carbons (Fsp3) is 0.400. The average Bonchev–Trinajstić information content (AvgIpc) is 2.63. The fourth-order valence-corrected chi connectivity index (χ4v) is 3.17. The molecule has 0 unspecified atom stereocenters. The molecule has 0 spiro atoms. The van der Waals surface area contributed by atoms with Crippen molar-refractivity contribution >= 4 is 5.91 Å². The van der Waals surface area contributed by atoms with E-state index in [4.69, 9.17) is 4.74 Å². The van der Waals surface area contributed by atoms with Gasteiger partial charge in [0.15, 0.2) is 0 Å². The van der Waals surface area contributed by atoms with Crippen molar-refractivity contribution in [3.05, 3.63) is 69.6 Å². The largest absolute Gasteiger partial charge is 0.373 e. The van der Waals surface area contributed by atoms with E-state index in [2.05, 4.69) is 29.6 Å². The summed E-state index contributed by atoms with van der Waals surface area (Å²) in [5.74, 6) is -0.222. The number of pyridine rings is 1. The number of aromatic nitrogens is 1. The van der Waals surface area contributed by atoms with Gasteiger partial charge in [0.2, 0.25) is 0 Å². The Morgan fingerprint density at radius 1 is 1.32 bits per heavy atom. The van der Waals surface area contributed by atoms with E-state index in [1.54, 1.807) is 19.3 Å². The highest BCUT2D eigenvalue weighted by molar-refractivity contribution is 5.93. The zero-order valence-corrected chi connectivity index (χ0v) is 14.5. The summed E-state index contributed by atoms with van der Waals surface area (Å²) in [6, 6.07) is 11.5. The Morgan fingerprint density at radius 3 is 3.00 bits per heavy atom. The summed E-state index contributed by atoms with van der Waals surface area (Å²) in [4.78, 5) is 23.6. The molecular weight excluding hydrogens is 316 g/mol. The molecule has 5 heteroatoms. The number of carbonyl (C=O) groups is 1. The Balaban J connectivity index is 1.43. The molecule has 0 fully saturated rings. The van der Waals surface area contributed by atoms with E-state index >= 15 is 0 Å². The number of rotatable bonds is 6. The van der Waals surface area contributed by atoms with Crippen LogP contribution in [0.5, 0.6) is 0 Å². The maximum Gasteiger partial charge on any atom is 0.251 e. The van der Waals surface area contributed by atoms with Gasteiger partial charge in [-0.1, -0.05) is 24.3 Å². The van der Waals surface area contributed by atoms with Crippen LogP contribution in [0.25, 0.3) is 0 Å². The highest BCUT2D eigenvalue weighted by Crippen LogP contribution is 2.32. The third-order valence-corrected chi connectivity index (χ3v) is 4.61. The van der Waals surface area contributed by atoms with Crippen molar-refractivity contribution in [2.75, 3.05) is 13.2 Å². The normalized spacial score (nSPS) is 16.3. The lowest BCUT2D eigenvalue weighted by Crippen LogP contribution is -2.27. The summed E-state index contributed by atoms with van der Waals surface area (Å²) in [6.45, 7) is 1.14. The van der Waals surface area contributed by atoms with Crippen LogP contribution in [0.1, 0.15) is 46.9 Å². The van der Waals surface area contributed by atoms with E-state index in [1.807, 2.05) is 0 Å². The fourth-order valence-electron chi connectivity index (χ4n) is 3.17. The Morgan fingerprint density at radius 2 is 2.16 bits per heavy atom. The molecule has 1 heterocycles. The zero-order valence-electron chi connectivity index (χ0n) is 14.5. The van der Waals surface area contributed by atoms with Crippen molar-refractivity contribution in [3.8, 4) is 0 Å². The SMILES string of the molecule is Cn1ccc(C(=O)NCCCO[C@@H]2CCCc3ccccc32)cc1=O. The van der Waals surface area contributed by atoms with Crippen LogP contribution >= 0.6 is 0 Å². The summed E-state index contributed by atoms with van der Waals surface area (Å²) < 4.78 is 7.46. The molecule has 0 aliphatic heterocycles. The van der Waals surface area contributed by atoms with Crippen LogP contribution in [0, 0.1) is 0 Å². The van der Waals surface area contributed by atoms with Gasteiger partial charge in [0.05, 0.1) is 6.10 Å². The first kappa shape index (κ1) is 17.4. The number of carbonyl (C=O) groups excluding carboxylic acids is 1. The summed E-state index contributed by atoms with van der Waals surface area (Å²) in [5, 5.41) is 2.84. The maximum absolute atomic E-state index is 12.0. The molecule has 1 aromatic heterocycles. The molecule has 1 atom stereocenters. The van der Waals surface area contributed by atoms with Crippen molar-refractivity contribution in [1.29, 1.82) is 0 Å². The second-order valence-electron chi connectivity index (χ2n) is 6.42. The lowest BCUT2D eigenvalue weighted by molar-refractivity contribution is 0.0393. The molecule has 25 heavy (non-hydrogen) atoms. The van der Waals surface area contributed by atoms with Gasteiger partial charge in [0, 0.05) is 38.0 Å². The number of nitrogens with zero attached hydrogens (tertiary/aromatic N) is 1. The number of nitrogens with one attached hydrogen (secondary N) is 1. The van der Waals surface area contributed by atoms with Gasteiger partial charge < -0.3 is 14.6 Å². The van der Waals surface area contributed by atoms with Crippen molar-refractivity contribution in [2.24, 2.45) is 7.05 Å². The van der Waals surface area contributed by atoms with Gasteiger partial charge in [-0.05, 0) is 42.9 Å². The van der Waals surface area contributed by atoms with Crippen molar-refractivity contribution in [2.45, 2.75) is 31.8 Å². The Hall–Kier alpha value is -2.40. The molecule has 0 saturated heterocycles. The lowest BCUT2D eigenvalue weighted by atomic mass is 9.89. The molecule has 1 aromatic carbocycles. The molecule has 132 valence electrons. The van der Waals surface area contributed by atoms with Gasteiger partial charge in [-0.25, -0.2) is 0 Å². The second-order valence-corrected chi connectivity index (χ2v) is 6.42. The first-order valence-corrected chi connectivity index (χ1v) is 8.79. The number of hydrogen-bond acceptors (Lipinski definition) is 3. The van der Waals surface area contributed by atoms with Crippen LogP contribution in [0.4, 0.5) is 0 Å². The van der Waals surface area contributed by atoms with Crippen molar-refractivity contribution < 1.29 is 9.53 Å². The predicted molar refractivity (Wildman–Crippen MR) is 96.7 cm³/mol. The smallest absolute Gasteiger partial charge is 0.251 e. The Kier molecular flexibility index (Phi) is 5.66. The Labute approximate surface area is 147 Å². The van der Waals surface area contributed by atoms with Gasteiger partial charge in [-0.3, -0.25) is 9.59 Å². The number of amides is 1. The van der Waals surface area contributed by atoms with Gasteiger partial charge in [0.1, 0.15) is 0 Å². The molecule has 1 aliphatic rings. The van der Waals surface area contributed by atoms with Gasteiger partial charge in [-0.15, -0.1) is 0 Å². The van der Waals surface area contributed by atoms with E-state index in [-0.39, 0.29) is 17.6 Å².